The number of fused-ring (bicyclic) bond motifs is 2. The van der Waals surface area contributed by atoms with Gasteiger partial charge in [-0.05, 0) is 30.2 Å². The molecule has 5 N–H and O–H groups in total. The number of pyridine rings is 1. The number of aliphatic carboxylic acids is 1. The van der Waals surface area contributed by atoms with E-state index in [2.05, 4.69) is 30.9 Å². The number of guanidine groups is 1. The SMILES string of the molecule is [C-]#[N+]NC(=NC[C@H](NC(=O)c1c(Cl)cc2c(=O)n(Cc3ccc4cn[nH]c4c3)ccc2c1Cl)C(=O)O)N1CC[C@H](O)C1. The molecule has 3 heterocycles. The van der Waals surface area contributed by atoms with Gasteiger partial charge < -0.3 is 25.0 Å². The predicted molar refractivity (Wildman–Crippen MR) is 157 cm³/mol. The van der Waals surface area contributed by atoms with Gasteiger partial charge >= 0.3 is 5.97 Å². The number of hydrogen-bond acceptors (Lipinski definition) is 6. The highest BCUT2D eigenvalue weighted by Gasteiger charge is 2.28. The second-order valence-electron chi connectivity index (χ2n) is 9.69. The monoisotopic (exact) mass is 610 g/mol. The quantitative estimate of drug-likeness (QED) is 0.0918. The average molecular weight is 611 g/mol. The first kappa shape index (κ1) is 28.9. The second-order valence-corrected chi connectivity index (χ2v) is 10.5. The lowest BCUT2D eigenvalue weighted by Crippen LogP contribution is -2.45. The van der Waals surface area contributed by atoms with E-state index in [1.165, 1.54) is 10.6 Å². The Morgan fingerprint density at radius 3 is 2.79 bits per heavy atom. The molecule has 5 rings (SSSR count). The molecule has 1 saturated heterocycles. The highest BCUT2D eigenvalue weighted by atomic mass is 35.5. The molecule has 42 heavy (non-hydrogen) atoms. The summed E-state index contributed by atoms with van der Waals surface area (Å²) in [4.78, 5) is 47.3. The minimum atomic E-state index is -1.49. The maximum atomic E-state index is 13.3. The number of carbonyl (C=O) groups excluding carboxylic acids is 1. The van der Waals surface area contributed by atoms with Crippen molar-refractivity contribution >= 4 is 62.7 Å². The first-order valence-electron chi connectivity index (χ1n) is 12.7. The number of amides is 1. The third-order valence-electron chi connectivity index (χ3n) is 6.90. The van der Waals surface area contributed by atoms with Crippen LogP contribution < -0.4 is 16.3 Å². The molecule has 2 aromatic carbocycles. The molecule has 0 saturated carbocycles. The summed E-state index contributed by atoms with van der Waals surface area (Å²) >= 11 is 13.0. The Balaban J connectivity index is 1.39. The van der Waals surface area contributed by atoms with Gasteiger partial charge in [-0.15, -0.1) is 0 Å². The fourth-order valence-electron chi connectivity index (χ4n) is 4.76. The summed E-state index contributed by atoms with van der Waals surface area (Å²) < 4.78 is 1.48. The van der Waals surface area contributed by atoms with Crippen molar-refractivity contribution in [3.05, 3.63) is 85.8 Å². The Hall–Kier alpha value is -4.64. The predicted octanol–water partition coefficient (Wildman–Crippen LogP) is 2.26. The van der Waals surface area contributed by atoms with Gasteiger partial charge in [0.2, 0.25) is 0 Å². The normalized spacial score (nSPS) is 16.0. The number of benzene rings is 2. The third kappa shape index (κ3) is 5.87. The summed E-state index contributed by atoms with van der Waals surface area (Å²) in [6.07, 6.45) is 3.14. The second kappa shape index (κ2) is 12.1. The minimum Gasteiger partial charge on any atom is -0.480 e. The number of hydrogen-bond donors (Lipinski definition) is 5. The number of aliphatic imine (C=N–C) groups is 1. The van der Waals surface area contributed by atoms with Crippen LogP contribution in [-0.2, 0) is 11.3 Å². The molecule has 0 spiro atoms. The molecule has 1 aliphatic rings. The van der Waals surface area contributed by atoms with E-state index in [0.29, 0.717) is 13.0 Å². The Morgan fingerprint density at radius 1 is 1.26 bits per heavy atom. The van der Waals surface area contributed by atoms with Crippen molar-refractivity contribution in [1.82, 2.24) is 30.4 Å². The molecule has 15 heteroatoms. The maximum Gasteiger partial charge on any atom is 0.328 e. The lowest BCUT2D eigenvalue weighted by Gasteiger charge is -2.18. The number of carbonyl (C=O) groups is 2. The molecule has 2 atom stereocenters. The van der Waals surface area contributed by atoms with E-state index in [4.69, 9.17) is 29.8 Å². The molecule has 216 valence electrons. The van der Waals surface area contributed by atoms with E-state index in [1.807, 2.05) is 18.2 Å². The highest BCUT2D eigenvalue weighted by molar-refractivity contribution is 6.43. The van der Waals surface area contributed by atoms with Crippen molar-refractivity contribution < 1.29 is 19.8 Å². The van der Waals surface area contributed by atoms with Crippen LogP contribution in [-0.4, -0.2) is 79.5 Å². The minimum absolute atomic E-state index is 0.0876. The number of aromatic nitrogens is 3. The highest BCUT2D eigenvalue weighted by Crippen LogP contribution is 2.32. The number of aliphatic hydroxyl groups is 1. The zero-order chi connectivity index (χ0) is 30.0. The van der Waals surface area contributed by atoms with E-state index in [-0.39, 0.29) is 51.0 Å². The van der Waals surface area contributed by atoms with Crippen LogP contribution in [0.1, 0.15) is 22.3 Å². The van der Waals surface area contributed by atoms with E-state index in [1.54, 1.807) is 23.4 Å². The van der Waals surface area contributed by atoms with Crippen LogP contribution >= 0.6 is 23.2 Å². The fraction of sp³-hybridized carbons (Fsp3) is 0.259. The van der Waals surface area contributed by atoms with Gasteiger partial charge in [-0.1, -0.05) is 40.8 Å². The number of aromatic amines is 1. The first-order valence-corrected chi connectivity index (χ1v) is 13.5. The van der Waals surface area contributed by atoms with Crippen LogP contribution in [0.2, 0.25) is 10.0 Å². The number of likely N-dealkylation sites (tertiary alicyclic amines) is 1. The Kier molecular flexibility index (Phi) is 8.30. The van der Waals surface area contributed by atoms with Gasteiger partial charge in [0.1, 0.15) is 6.04 Å². The van der Waals surface area contributed by atoms with Gasteiger partial charge in [-0.25, -0.2) is 9.79 Å². The van der Waals surface area contributed by atoms with Crippen molar-refractivity contribution in [3.8, 4) is 0 Å². The van der Waals surface area contributed by atoms with Crippen LogP contribution in [0.3, 0.4) is 0 Å². The number of nitrogens with one attached hydrogen (secondary N) is 3. The molecular formula is C27H24Cl2N8O5. The zero-order valence-corrected chi connectivity index (χ0v) is 23.4. The number of rotatable bonds is 7. The molecule has 0 radical (unpaired) electrons. The van der Waals surface area contributed by atoms with Crippen LogP contribution in [0.25, 0.3) is 26.6 Å². The zero-order valence-electron chi connectivity index (χ0n) is 21.8. The summed E-state index contributed by atoms with van der Waals surface area (Å²) in [6, 6.07) is 7.11. The average Bonchev–Trinajstić information content (AvgIpc) is 3.60. The molecule has 4 aromatic rings. The Bertz CT molecular complexity index is 1830. The van der Waals surface area contributed by atoms with E-state index >= 15 is 0 Å². The summed E-state index contributed by atoms with van der Waals surface area (Å²) in [6.45, 7) is 7.58. The van der Waals surface area contributed by atoms with Crippen LogP contribution in [0, 0.1) is 6.57 Å². The van der Waals surface area contributed by atoms with Crippen molar-refractivity contribution in [2.75, 3.05) is 19.6 Å². The standard InChI is InChI=1S/C27H24Cl2N8O5/c1-30-35-27(37-6-4-16(38)13-37)31-11-21(26(41)42)33-24(39)22-19(28)9-18-17(23(22)29)5-7-36(25(18)40)12-14-2-3-15-10-32-34-20(15)8-14/h2-3,5,7-10,16,21,38H,4,6,11-13H2,(H,31,35)(H,32,34)(H,33,39)(H,41,42)/t16-,21-/m0/s1. The third-order valence-corrected chi connectivity index (χ3v) is 7.59. The molecule has 13 nitrogen and oxygen atoms in total. The van der Waals surface area contributed by atoms with E-state index in [0.717, 1.165) is 16.5 Å². The number of halogens is 2. The lowest BCUT2D eigenvalue weighted by atomic mass is 10.1. The van der Waals surface area contributed by atoms with Crippen molar-refractivity contribution in [1.29, 1.82) is 0 Å². The summed E-state index contributed by atoms with van der Waals surface area (Å²) in [5, 5.41) is 29.9. The van der Waals surface area contributed by atoms with Gasteiger partial charge in [0.05, 0.1) is 51.9 Å². The van der Waals surface area contributed by atoms with Crippen molar-refractivity contribution in [2.45, 2.75) is 25.1 Å². The smallest absolute Gasteiger partial charge is 0.328 e. The van der Waals surface area contributed by atoms with Gasteiger partial charge in [-0.3, -0.25) is 14.7 Å². The number of carboxylic acids is 1. The first-order chi connectivity index (χ1) is 20.2. The van der Waals surface area contributed by atoms with Crippen LogP contribution in [0.5, 0.6) is 0 Å². The molecule has 1 amide bonds. The molecular weight excluding hydrogens is 587 g/mol. The number of carboxylic acid groups (broad SMARTS) is 1. The summed E-state index contributed by atoms with van der Waals surface area (Å²) in [5.41, 5.74) is 3.50. The lowest BCUT2D eigenvalue weighted by molar-refractivity contribution is -0.138. The number of H-pyrrole nitrogens is 1. The van der Waals surface area contributed by atoms with Crippen molar-refractivity contribution in [3.63, 3.8) is 0 Å². The Morgan fingerprint density at radius 2 is 2.07 bits per heavy atom. The van der Waals surface area contributed by atoms with Crippen LogP contribution in [0.4, 0.5) is 0 Å². The number of aliphatic hydroxyl groups excluding tert-OH is 1. The molecule has 1 aliphatic heterocycles. The molecule has 0 unspecified atom stereocenters. The summed E-state index contributed by atoms with van der Waals surface area (Å²) in [5.74, 6) is -2.16. The molecule has 0 bridgehead atoms. The summed E-state index contributed by atoms with van der Waals surface area (Å²) in [7, 11) is 0. The Labute approximate surface area is 248 Å². The fourth-order valence-corrected chi connectivity index (χ4v) is 5.45. The van der Waals surface area contributed by atoms with Gasteiger partial charge in [0, 0.05) is 30.1 Å². The van der Waals surface area contributed by atoms with E-state index < -0.39 is 30.6 Å². The van der Waals surface area contributed by atoms with Gasteiger partial charge in [0.25, 0.3) is 17.4 Å². The van der Waals surface area contributed by atoms with Crippen LogP contribution in [0.15, 0.2) is 52.5 Å². The van der Waals surface area contributed by atoms with Gasteiger partial charge in [-0.2, -0.15) is 16.6 Å². The van der Waals surface area contributed by atoms with Crippen molar-refractivity contribution in [2.24, 2.45) is 4.99 Å². The number of β-amino-alcohol motifs (C(OH)–C–C–N with tert-alkyl or cyclic N) is 1. The molecule has 0 aliphatic carbocycles. The molecule has 1 fully saturated rings. The topological polar surface area (TPSA) is 169 Å². The maximum absolute atomic E-state index is 13.3. The largest absolute Gasteiger partial charge is 0.480 e. The molecule has 2 aromatic heterocycles. The van der Waals surface area contributed by atoms with Gasteiger partial charge in [0.15, 0.2) is 0 Å². The van der Waals surface area contributed by atoms with E-state index in [9.17, 15) is 24.6 Å². The number of nitrogens with zero attached hydrogens (tertiary/aromatic N) is 5.